The molecule has 3 nitrogen and oxygen atoms in total. The van der Waals surface area contributed by atoms with E-state index in [1.165, 1.54) is 6.07 Å². The minimum atomic E-state index is -0.981. The molecule has 0 unspecified atom stereocenters. The average molecular weight is 212 g/mol. The van der Waals surface area contributed by atoms with Crippen LogP contribution < -0.4 is 0 Å². The zero-order valence-corrected chi connectivity index (χ0v) is 8.50. The zero-order chi connectivity index (χ0) is 11.3. The fraction of sp³-hybridized carbons (Fsp3) is 0.364. The summed E-state index contributed by atoms with van der Waals surface area (Å²) in [4.78, 5) is 10.1. The van der Waals surface area contributed by atoms with Gasteiger partial charge >= 0.3 is 5.97 Å². The number of carboxylic acid groups (broad SMARTS) is 1. The van der Waals surface area contributed by atoms with Crippen LogP contribution in [-0.2, 0) is 16.0 Å². The molecule has 0 aliphatic carbocycles. The van der Waals surface area contributed by atoms with E-state index in [4.69, 9.17) is 9.84 Å². The van der Waals surface area contributed by atoms with Crippen molar-refractivity contribution >= 4 is 5.97 Å². The van der Waals surface area contributed by atoms with Gasteiger partial charge in [0.05, 0.1) is 6.61 Å². The molecule has 0 amide bonds. The fourth-order valence-electron chi connectivity index (χ4n) is 1.21. The lowest BCUT2D eigenvalue weighted by molar-refractivity contribution is -0.142. The highest BCUT2D eigenvalue weighted by atomic mass is 19.1. The Balaban J connectivity index is 2.38. The van der Waals surface area contributed by atoms with Crippen LogP contribution in [0.25, 0.3) is 0 Å². The minimum absolute atomic E-state index is 0.231. The fourth-order valence-corrected chi connectivity index (χ4v) is 1.21. The number of aliphatic carboxylic acids is 1. The molecule has 82 valence electrons. The van der Waals surface area contributed by atoms with Gasteiger partial charge in [-0.3, -0.25) is 0 Å². The number of benzene rings is 1. The van der Waals surface area contributed by atoms with Gasteiger partial charge in [0.25, 0.3) is 0 Å². The number of hydrogen-bond acceptors (Lipinski definition) is 2. The number of rotatable bonds is 5. The van der Waals surface area contributed by atoms with Gasteiger partial charge in [-0.05, 0) is 30.5 Å². The monoisotopic (exact) mass is 212 g/mol. The third-order valence-electron chi connectivity index (χ3n) is 1.98. The van der Waals surface area contributed by atoms with Crippen molar-refractivity contribution in [1.29, 1.82) is 0 Å². The lowest BCUT2D eigenvalue weighted by Crippen LogP contribution is -2.09. The van der Waals surface area contributed by atoms with Gasteiger partial charge in [0.2, 0.25) is 0 Å². The van der Waals surface area contributed by atoms with Gasteiger partial charge in [0.15, 0.2) is 0 Å². The second-order valence-electron chi connectivity index (χ2n) is 3.28. The first-order valence-corrected chi connectivity index (χ1v) is 4.64. The molecular weight excluding hydrogens is 199 g/mol. The lowest BCUT2D eigenvalue weighted by atomic mass is 10.1. The summed E-state index contributed by atoms with van der Waals surface area (Å²) in [6.45, 7) is 1.73. The summed E-state index contributed by atoms with van der Waals surface area (Å²) >= 11 is 0. The van der Waals surface area contributed by atoms with Gasteiger partial charge in [-0.15, -0.1) is 0 Å². The maximum absolute atomic E-state index is 12.9. The Morgan fingerprint density at radius 1 is 1.53 bits per heavy atom. The molecule has 0 atom stereocenters. The number of aryl methyl sites for hydroxylation is 1. The first-order valence-electron chi connectivity index (χ1n) is 4.64. The molecule has 0 aliphatic rings. The Bertz CT molecular complexity index is 350. The van der Waals surface area contributed by atoms with E-state index in [2.05, 4.69) is 0 Å². The van der Waals surface area contributed by atoms with Gasteiger partial charge in [-0.2, -0.15) is 0 Å². The number of ether oxygens (including phenoxy) is 1. The molecule has 0 spiro atoms. The van der Waals surface area contributed by atoms with Crippen LogP contribution in [0.2, 0.25) is 0 Å². The van der Waals surface area contributed by atoms with E-state index >= 15 is 0 Å². The van der Waals surface area contributed by atoms with Gasteiger partial charge in [-0.25, -0.2) is 9.18 Å². The Kier molecular flexibility index (Phi) is 4.24. The molecule has 4 heteroatoms. The third-order valence-corrected chi connectivity index (χ3v) is 1.98. The molecule has 0 fully saturated rings. The molecule has 1 N–H and O–H groups in total. The standard InChI is InChI=1S/C11H13FO3/c1-8-6-9(2-3-10(8)12)4-5-15-7-11(13)14/h2-3,6H,4-5,7H2,1H3,(H,13,14). The predicted molar refractivity (Wildman–Crippen MR) is 53.3 cm³/mol. The van der Waals surface area contributed by atoms with E-state index in [-0.39, 0.29) is 12.4 Å². The lowest BCUT2D eigenvalue weighted by Gasteiger charge is -2.03. The highest BCUT2D eigenvalue weighted by molar-refractivity contribution is 5.67. The molecule has 0 saturated heterocycles. The largest absolute Gasteiger partial charge is 0.480 e. The Morgan fingerprint density at radius 3 is 2.87 bits per heavy atom. The summed E-state index contributed by atoms with van der Waals surface area (Å²) in [5, 5.41) is 8.32. The SMILES string of the molecule is Cc1cc(CCOCC(=O)O)ccc1F. The quantitative estimate of drug-likeness (QED) is 0.757. The van der Waals surface area contributed by atoms with Crippen LogP contribution in [0.5, 0.6) is 0 Å². The molecule has 1 rings (SSSR count). The molecule has 15 heavy (non-hydrogen) atoms. The summed E-state index contributed by atoms with van der Waals surface area (Å²) in [5.74, 6) is -1.21. The summed E-state index contributed by atoms with van der Waals surface area (Å²) in [7, 11) is 0. The molecule has 0 saturated carbocycles. The highest BCUT2D eigenvalue weighted by Crippen LogP contribution is 2.09. The predicted octanol–water partition coefficient (Wildman–Crippen LogP) is 1.78. The second kappa shape index (κ2) is 5.46. The molecule has 0 aliphatic heterocycles. The van der Waals surface area contributed by atoms with Crippen molar-refractivity contribution in [3.05, 3.63) is 35.1 Å². The van der Waals surface area contributed by atoms with Crippen molar-refractivity contribution in [2.75, 3.05) is 13.2 Å². The summed E-state index contributed by atoms with van der Waals surface area (Å²) in [6, 6.07) is 4.81. The smallest absolute Gasteiger partial charge is 0.329 e. The number of carboxylic acids is 1. The maximum Gasteiger partial charge on any atom is 0.329 e. The highest BCUT2D eigenvalue weighted by Gasteiger charge is 2.00. The Labute approximate surface area is 87.5 Å². The van der Waals surface area contributed by atoms with Gasteiger partial charge in [0, 0.05) is 0 Å². The summed E-state index contributed by atoms with van der Waals surface area (Å²) in [6.07, 6.45) is 0.592. The minimum Gasteiger partial charge on any atom is -0.480 e. The van der Waals surface area contributed by atoms with Crippen molar-refractivity contribution in [3.8, 4) is 0 Å². The molecule has 1 aromatic carbocycles. The van der Waals surface area contributed by atoms with Crippen molar-refractivity contribution in [3.63, 3.8) is 0 Å². The molecule has 0 bridgehead atoms. The number of carbonyl (C=O) groups is 1. The van der Waals surface area contributed by atoms with E-state index in [1.54, 1.807) is 19.1 Å². The first-order chi connectivity index (χ1) is 7.09. The Hall–Kier alpha value is -1.42. The van der Waals surface area contributed by atoms with Crippen LogP contribution in [0.3, 0.4) is 0 Å². The zero-order valence-electron chi connectivity index (χ0n) is 8.50. The second-order valence-corrected chi connectivity index (χ2v) is 3.28. The normalized spacial score (nSPS) is 10.3. The van der Waals surface area contributed by atoms with Crippen molar-refractivity contribution in [1.82, 2.24) is 0 Å². The van der Waals surface area contributed by atoms with Crippen LogP contribution >= 0.6 is 0 Å². The average Bonchev–Trinajstić information content (AvgIpc) is 2.18. The maximum atomic E-state index is 12.9. The van der Waals surface area contributed by atoms with Crippen molar-refractivity contribution in [2.24, 2.45) is 0 Å². The van der Waals surface area contributed by atoms with Crippen LogP contribution in [-0.4, -0.2) is 24.3 Å². The molecule has 0 radical (unpaired) electrons. The third kappa shape index (κ3) is 4.08. The molecular formula is C11H13FO3. The molecule has 1 aromatic rings. The summed E-state index contributed by atoms with van der Waals surface area (Å²) in [5.41, 5.74) is 1.53. The molecule has 0 heterocycles. The van der Waals surface area contributed by atoms with Crippen LogP contribution in [0, 0.1) is 12.7 Å². The van der Waals surface area contributed by atoms with Gasteiger partial charge in [0.1, 0.15) is 12.4 Å². The number of hydrogen-bond donors (Lipinski definition) is 1. The van der Waals surface area contributed by atoms with E-state index < -0.39 is 5.97 Å². The van der Waals surface area contributed by atoms with Gasteiger partial charge in [-0.1, -0.05) is 12.1 Å². The number of halogens is 1. The topological polar surface area (TPSA) is 46.5 Å². The van der Waals surface area contributed by atoms with Crippen LogP contribution in [0.15, 0.2) is 18.2 Å². The van der Waals surface area contributed by atoms with E-state index in [9.17, 15) is 9.18 Å². The summed E-state index contributed by atoms with van der Waals surface area (Å²) < 4.78 is 17.8. The molecule has 0 aromatic heterocycles. The van der Waals surface area contributed by atoms with Crippen LogP contribution in [0.1, 0.15) is 11.1 Å². The van der Waals surface area contributed by atoms with E-state index in [1.807, 2.05) is 0 Å². The van der Waals surface area contributed by atoms with Crippen LogP contribution in [0.4, 0.5) is 4.39 Å². The first kappa shape index (κ1) is 11.7. The Morgan fingerprint density at radius 2 is 2.27 bits per heavy atom. The van der Waals surface area contributed by atoms with E-state index in [0.29, 0.717) is 18.6 Å². The van der Waals surface area contributed by atoms with Crippen molar-refractivity contribution in [2.45, 2.75) is 13.3 Å². The van der Waals surface area contributed by atoms with E-state index in [0.717, 1.165) is 5.56 Å². The van der Waals surface area contributed by atoms with Crippen molar-refractivity contribution < 1.29 is 19.0 Å². The van der Waals surface area contributed by atoms with Gasteiger partial charge < -0.3 is 9.84 Å².